The van der Waals surface area contributed by atoms with E-state index >= 15 is 0 Å². The summed E-state index contributed by atoms with van der Waals surface area (Å²) in [6.45, 7) is 2.75. The Morgan fingerprint density at radius 2 is 2.06 bits per heavy atom. The summed E-state index contributed by atoms with van der Waals surface area (Å²) in [5.74, 6) is 7.22. The average molecular weight is 516 g/mol. The lowest BCUT2D eigenvalue weighted by molar-refractivity contribution is -0.117. The summed E-state index contributed by atoms with van der Waals surface area (Å²) in [6, 6.07) is 2.04. The Labute approximate surface area is 214 Å². The molecule has 2 amide bonds. The average Bonchev–Trinajstić information content (AvgIpc) is 3.78. The highest BCUT2D eigenvalue weighted by atomic mass is 32.1. The number of nitrogens with two attached hydrogens (primary N) is 1. The van der Waals surface area contributed by atoms with E-state index in [4.69, 9.17) is 18.1 Å². The topological polar surface area (TPSA) is 117 Å². The molecule has 3 aliphatic carbocycles. The monoisotopic (exact) mass is 515 g/mol. The Bertz CT molecular complexity index is 1150. The number of amides is 2. The Morgan fingerprint density at radius 1 is 1.29 bits per heavy atom. The Hall–Kier alpha value is -2.50. The minimum Gasteiger partial charge on any atom is -0.352 e. The summed E-state index contributed by atoms with van der Waals surface area (Å²) in [6.07, 6.45) is 7.27. The fourth-order valence-corrected chi connectivity index (χ4v) is 6.25. The molecule has 0 radical (unpaired) electrons. The largest absolute Gasteiger partial charge is 0.352 e. The summed E-state index contributed by atoms with van der Waals surface area (Å²) in [4.78, 5) is 29.2. The van der Waals surface area contributed by atoms with E-state index in [1.54, 1.807) is 11.3 Å². The second-order valence-corrected chi connectivity index (χ2v) is 11.3. The third-order valence-corrected chi connectivity index (χ3v) is 8.64. The third-order valence-electron chi connectivity index (χ3n) is 7.12. The van der Waals surface area contributed by atoms with E-state index in [1.165, 1.54) is 0 Å². The number of carbonyl (C=O) groups is 2. The SMILES string of the molecule is CCc1cc(N(C(=S)NN)[C@H]2CCc3sc(NC(=O)C4CC4)c(C(=O)NCC4CC4)c3C2)n(C)n1. The zero-order chi connectivity index (χ0) is 24.7. The molecule has 0 spiro atoms. The lowest BCUT2D eigenvalue weighted by Crippen LogP contribution is -2.51. The van der Waals surface area contributed by atoms with Gasteiger partial charge in [-0.2, -0.15) is 5.10 Å². The fraction of sp³-hybridized carbons (Fsp3) is 0.583. The molecule has 5 N–H and O–H groups in total. The molecule has 0 unspecified atom stereocenters. The van der Waals surface area contributed by atoms with Crippen LogP contribution in [0, 0.1) is 11.8 Å². The number of hydrogen-bond acceptors (Lipinski definition) is 6. The minimum atomic E-state index is -0.0963. The number of nitrogens with one attached hydrogen (secondary N) is 3. The number of hydrazine groups is 1. The number of carbonyl (C=O) groups excluding carboxylic acids is 2. The van der Waals surface area contributed by atoms with Crippen LogP contribution < -0.4 is 26.8 Å². The van der Waals surface area contributed by atoms with Gasteiger partial charge in [-0.15, -0.1) is 11.3 Å². The number of hydrogen-bond donors (Lipinski definition) is 4. The van der Waals surface area contributed by atoms with Gasteiger partial charge in [0.15, 0.2) is 5.11 Å². The van der Waals surface area contributed by atoms with Crippen LogP contribution in [0.2, 0.25) is 0 Å². The van der Waals surface area contributed by atoms with E-state index in [1.807, 2.05) is 22.7 Å². The molecule has 0 aromatic carbocycles. The molecule has 0 aliphatic heterocycles. The van der Waals surface area contributed by atoms with Gasteiger partial charge in [-0.1, -0.05) is 6.92 Å². The van der Waals surface area contributed by atoms with Crippen molar-refractivity contribution in [2.24, 2.45) is 24.7 Å². The molecule has 11 heteroatoms. The van der Waals surface area contributed by atoms with Gasteiger partial charge in [0.05, 0.1) is 11.3 Å². The first-order chi connectivity index (χ1) is 16.9. The second kappa shape index (κ2) is 9.87. The fourth-order valence-electron chi connectivity index (χ4n) is 4.76. The molecule has 0 saturated heterocycles. The summed E-state index contributed by atoms with van der Waals surface area (Å²) in [7, 11) is 1.90. The normalized spacial score (nSPS) is 19.1. The van der Waals surface area contributed by atoms with Crippen molar-refractivity contribution in [3.63, 3.8) is 0 Å². The van der Waals surface area contributed by atoms with Crippen molar-refractivity contribution in [2.75, 3.05) is 16.8 Å². The summed E-state index contributed by atoms with van der Waals surface area (Å²) >= 11 is 7.16. The smallest absolute Gasteiger partial charge is 0.254 e. The molecular formula is C24H33N7O2S2. The van der Waals surface area contributed by atoms with Gasteiger partial charge in [0, 0.05) is 36.5 Å². The van der Waals surface area contributed by atoms with E-state index in [0.717, 1.165) is 66.9 Å². The number of aryl methyl sites for hydroxylation is 3. The van der Waals surface area contributed by atoms with Gasteiger partial charge in [0.2, 0.25) is 5.91 Å². The van der Waals surface area contributed by atoms with Gasteiger partial charge in [0.25, 0.3) is 5.91 Å². The summed E-state index contributed by atoms with van der Waals surface area (Å²) in [5, 5.41) is 11.9. The number of anilines is 2. The van der Waals surface area contributed by atoms with Crippen molar-refractivity contribution >= 4 is 51.3 Å². The van der Waals surface area contributed by atoms with Crippen LogP contribution in [0.1, 0.15) is 65.5 Å². The number of thiophene rings is 1. The van der Waals surface area contributed by atoms with Crippen molar-refractivity contribution in [1.82, 2.24) is 20.5 Å². The van der Waals surface area contributed by atoms with Crippen LogP contribution in [0.15, 0.2) is 6.07 Å². The van der Waals surface area contributed by atoms with Crippen molar-refractivity contribution in [3.05, 3.63) is 27.8 Å². The van der Waals surface area contributed by atoms with Crippen LogP contribution in [-0.4, -0.2) is 39.3 Å². The minimum absolute atomic E-state index is 0.00252. The van der Waals surface area contributed by atoms with E-state index in [9.17, 15) is 9.59 Å². The third kappa shape index (κ3) is 5.07. The molecule has 2 aromatic heterocycles. The predicted octanol–water partition coefficient (Wildman–Crippen LogP) is 2.64. The van der Waals surface area contributed by atoms with Crippen LogP contribution in [-0.2, 0) is 31.1 Å². The molecular weight excluding hydrogens is 482 g/mol. The molecule has 35 heavy (non-hydrogen) atoms. The number of rotatable bonds is 8. The zero-order valence-electron chi connectivity index (χ0n) is 20.2. The predicted molar refractivity (Wildman–Crippen MR) is 142 cm³/mol. The number of aromatic nitrogens is 2. The summed E-state index contributed by atoms with van der Waals surface area (Å²) in [5.41, 5.74) is 5.25. The Balaban J connectivity index is 1.46. The molecule has 2 aromatic rings. The van der Waals surface area contributed by atoms with E-state index in [-0.39, 0.29) is 23.8 Å². The first-order valence-corrected chi connectivity index (χ1v) is 13.7. The second-order valence-electron chi connectivity index (χ2n) is 9.81. The molecule has 2 heterocycles. The molecule has 188 valence electrons. The van der Waals surface area contributed by atoms with Crippen LogP contribution >= 0.6 is 23.6 Å². The maximum Gasteiger partial charge on any atom is 0.254 e. The van der Waals surface area contributed by atoms with Gasteiger partial charge in [-0.3, -0.25) is 19.2 Å². The lowest BCUT2D eigenvalue weighted by Gasteiger charge is -2.35. The van der Waals surface area contributed by atoms with Gasteiger partial charge < -0.3 is 16.1 Å². The van der Waals surface area contributed by atoms with Gasteiger partial charge in [-0.05, 0) is 75.1 Å². The number of nitrogens with zero attached hydrogens (tertiary/aromatic N) is 3. The van der Waals surface area contributed by atoms with Crippen molar-refractivity contribution in [1.29, 1.82) is 0 Å². The lowest BCUT2D eigenvalue weighted by atomic mass is 9.90. The van der Waals surface area contributed by atoms with E-state index in [2.05, 4.69) is 28.1 Å². The number of fused-ring (bicyclic) bond motifs is 1. The van der Waals surface area contributed by atoms with E-state index in [0.29, 0.717) is 34.6 Å². The van der Waals surface area contributed by atoms with Gasteiger partial charge >= 0.3 is 0 Å². The van der Waals surface area contributed by atoms with E-state index < -0.39 is 0 Å². The maximum atomic E-state index is 13.4. The molecule has 2 fully saturated rings. The highest BCUT2D eigenvalue weighted by molar-refractivity contribution is 7.80. The zero-order valence-corrected chi connectivity index (χ0v) is 21.9. The van der Waals surface area contributed by atoms with Crippen LogP contribution in [0.25, 0.3) is 0 Å². The van der Waals surface area contributed by atoms with Crippen molar-refractivity contribution < 1.29 is 9.59 Å². The van der Waals surface area contributed by atoms with Crippen LogP contribution in [0.3, 0.4) is 0 Å². The molecule has 5 rings (SSSR count). The van der Waals surface area contributed by atoms with Crippen LogP contribution in [0.4, 0.5) is 10.8 Å². The highest BCUT2D eigenvalue weighted by Crippen LogP contribution is 2.41. The van der Waals surface area contributed by atoms with Crippen molar-refractivity contribution in [2.45, 2.75) is 64.3 Å². The van der Waals surface area contributed by atoms with Crippen LogP contribution in [0.5, 0.6) is 0 Å². The van der Waals surface area contributed by atoms with Gasteiger partial charge in [-0.25, -0.2) is 5.84 Å². The summed E-state index contributed by atoms with van der Waals surface area (Å²) < 4.78 is 1.83. The van der Waals surface area contributed by atoms with Gasteiger partial charge in [0.1, 0.15) is 10.8 Å². The first kappa shape index (κ1) is 24.2. The highest BCUT2D eigenvalue weighted by Gasteiger charge is 2.36. The van der Waals surface area contributed by atoms with Crippen molar-refractivity contribution in [3.8, 4) is 0 Å². The molecule has 1 atom stereocenters. The Morgan fingerprint density at radius 3 is 2.69 bits per heavy atom. The number of thiocarbonyl (C=S) groups is 1. The molecule has 9 nitrogen and oxygen atoms in total. The standard InChI is InChI=1S/C24H33N7O2S2/c1-3-15-10-19(30(2)29-15)31(24(34)28-25)16-8-9-18-17(11-16)20(22(33)26-12-13-4-5-13)23(35-18)27-21(32)14-6-7-14/h10,13-14,16H,3-9,11-12,25H2,1-2H3,(H,26,33)(H,27,32)(H,28,34)/t16-/m0/s1. The molecule has 3 aliphatic rings. The quantitative estimate of drug-likeness (QED) is 0.243. The Kier molecular flexibility index (Phi) is 6.82. The first-order valence-electron chi connectivity index (χ1n) is 12.5. The molecule has 0 bridgehead atoms. The maximum absolute atomic E-state index is 13.4. The molecule has 2 saturated carbocycles.